The lowest BCUT2D eigenvalue weighted by atomic mass is 10.2. The molecule has 0 unspecified atom stereocenters. The minimum atomic E-state index is -3.86. The SMILES string of the molecule is CN(Cc1ccc(Cl)cc1)C(=O)CN(C)S(=O)(=O)c1ccc(F)cc1. The molecule has 0 aromatic heterocycles. The van der Waals surface area contributed by atoms with Gasteiger partial charge in [-0.1, -0.05) is 23.7 Å². The maximum absolute atomic E-state index is 12.9. The van der Waals surface area contributed by atoms with Crippen molar-refractivity contribution < 1.29 is 17.6 Å². The van der Waals surface area contributed by atoms with Gasteiger partial charge < -0.3 is 4.90 Å². The number of amides is 1. The molecule has 0 fully saturated rings. The first-order valence-corrected chi connectivity index (χ1v) is 9.22. The maximum Gasteiger partial charge on any atom is 0.243 e. The Morgan fingerprint density at radius 3 is 2.16 bits per heavy atom. The standard InChI is InChI=1S/C17H18ClFN2O3S/c1-20(11-13-3-5-14(18)6-4-13)17(22)12-21(2)25(23,24)16-9-7-15(19)8-10-16/h3-10H,11-12H2,1-2H3. The Bertz CT molecular complexity index is 839. The van der Waals surface area contributed by atoms with Crippen LogP contribution in [0.1, 0.15) is 5.56 Å². The number of sulfonamides is 1. The number of rotatable bonds is 6. The first kappa shape index (κ1) is 19.4. The summed E-state index contributed by atoms with van der Waals surface area (Å²) in [7, 11) is -0.956. The van der Waals surface area contributed by atoms with Gasteiger partial charge in [-0.25, -0.2) is 12.8 Å². The zero-order valence-corrected chi connectivity index (χ0v) is 15.4. The van der Waals surface area contributed by atoms with Crippen LogP contribution in [0.5, 0.6) is 0 Å². The van der Waals surface area contributed by atoms with Gasteiger partial charge in [0.15, 0.2) is 0 Å². The van der Waals surface area contributed by atoms with E-state index >= 15 is 0 Å². The maximum atomic E-state index is 12.9. The van der Waals surface area contributed by atoms with Crippen LogP contribution in [0.3, 0.4) is 0 Å². The van der Waals surface area contributed by atoms with Crippen LogP contribution in [0, 0.1) is 5.82 Å². The second-order valence-corrected chi connectivity index (χ2v) is 8.07. The Kier molecular flexibility index (Phi) is 6.16. The third-order valence-electron chi connectivity index (χ3n) is 3.64. The molecule has 2 rings (SSSR count). The highest BCUT2D eigenvalue weighted by Gasteiger charge is 2.24. The molecule has 25 heavy (non-hydrogen) atoms. The lowest BCUT2D eigenvalue weighted by Gasteiger charge is -2.22. The molecule has 5 nitrogen and oxygen atoms in total. The van der Waals surface area contributed by atoms with Crippen molar-refractivity contribution in [2.45, 2.75) is 11.4 Å². The molecule has 0 saturated heterocycles. The van der Waals surface area contributed by atoms with Gasteiger partial charge >= 0.3 is 0 Å². The Labute approximate surface area is 151 Å². The van der Waals surface area contributed by atoms with Gasteiger partial charge in [0.25, 0.3) is 0 Å². The van der Waals surface area contributed by atoms with E-state index in [1.165, 1.54) is 24.1 Å². The van der Waals surface area contributed by atoms with E-state index in [1.807, 2.05) is 0 Å². The molecule has 2 aromatic carbocycles. The van der Waals surface area contributed by atoms with Gasteiger partial charge in [0.2, 0.25) is 15.9 Å². The van der Waals surface area contributed by atoms with Crippen LogP contribution in [0.4, 0.5) is 4.39 Å². The van der Waals surface area contributed by atoms with E-state index in [1.54, 1.807) is 31.3 Å². The smallest absolute Gasteiger partial charge is 0.243 e. The van der Waals surface area contributed by atoms with Crippen LogP contribution in [0.15, 0.2) is 53.4 Å². The Morgan fingerprint density at radius 1 is 1.04 bits per heavy atom. The van der Waals surface area contributed by atoms with Crippen LogP contribution < -0.4 is 0 Å². The zero-order valence-electron chi connectivity index (χ0n) is 13.8. The van der Waals surface area contributed by atoms with Crippen LogP contribution in [0.2, 0.25) is 5.02 Å². The van der Waals surface area contributed by atoms with Crippen LogP contribution in [-0.2, 0) is 21.4 Å². The molecule has 134 valence electrons. The third-order valence-corrected chi connectivity index (χ3v) is 5.71. The summed E-state index contributed by atoms with van der Waals surface area (Å²) in [5.41, 5.74) is 0.879. The average molecular weight is 385 g/mol. The van der Waals surface area contributed by atoms with Crippen molar-refractivity contribution in [1.82, 2.24) is 9.21 Å². The summed E-state index contributed by atoms with van der Waals surface area (Å²) in [6, 6.07) is 11.5. The van der Waals surface area contributed by atoms with E-state index < -0.39 is 15.8 Å². The summed E-state index contributed by atoms with van der Waals surface area (Å²) in [5.74, 6) is -0.886. The number of hydrogen-bond acceptors (Lipinski definition) is 3. The Hall–Kier alpha value is -1.96. The molecule has 2 aromatic rings. The van der Waals surface area contributed by atoms with Crippen LogP contribution in [0.25, 0.3) is 0 Å². The van der Waals surface area contributed by atoms with Gasteiger partial charge in [0.05, 0.1) is 11.4 Å². The second-order valence-electron chi connectivity index (χ2n) is 5.59. The quantitative estimate of drug-likeness (QED) is 0.769. The molecule has 0 N–H and O–H groups in total. The van der Waals surface area contributed by atoms with Gasteiger partial charge in [-0.15, -0.1) is 0 Å². The summed E-state index contributed by atoms with van der Waals surface area (Å²) in [5, 5.41) is 0.600. The molecule has 0 aliphatic carbocycles. The van der Waals surface area contributed by atoms with Gasteiger partial charge in [-0.05, 0) is 42.0 Å². The number of carbonyl (C=O) groups is 1. The zero-order chi connectivity index (χ0) is 18.6. The first-order valence-electron chi connectivity index (χ1n) is 7.40. The molecule has 0 bridgehead atoms. The summed E-state index contributed by atoms with van der Waals surface area (Å²) < 4.78 is 38.7. The van der Waals surface area contributed by atoms with Crippen molar-refractivity contribution >= 4 is 27.5 Å². The molecule has 0 heterocycles. The number of nitrogens with zero attached hydrogens (tertiary/aromatic N) is 2. The summed E-state index contributed by atoms with van der Waals surface area (Å²) in [4.78, 5) is 13.7. The summed E-state index contributed by atoms with van der Waals surface area (Å²) in [6.07, 6.45) is 0. The fourth-order valence-electron chi connectivity index (χ4n) is 2.13. The third kappa shape index (κ3) is 5.01. The summed E-state index contributed by atoms with van der Waals surface area (Å²) in [6.45, 7) is 0.0181. The molecule has 0 aliphatic rings. The number of likely N-dealkylation sites (N-methyl/N-ethyl adjacent to an activating group) is 2. The number of benzene rings is 2. The lowest BCUT2D eigenvalue weighted by molar-refractivity contribution is -0.130. The van der Waals surface area contributed by atoms with E-state index in [-0.39, 0.29) is 17.3 Å². The van der Waals surface area contributed by atoms with Gasteiger partial charge in [-0.3, -0.25) is 4.79 Å². The summed E-state index contributed by atoms with van der Waals surface area (Å²) >= 11 is 5.82. The minimum absolute atomic E-state index is 0.0652. The highest BCUT2D eigenvalue weighted by Crippen LogP contribution is 2.15. The number of carbonyl (C=O) groups excluding carboxylic acids is 1. The molecular formula is C17H18ClFN2O3S. The van der Waals surface area contributed by atoms with E-state index in [9.17, 15) is 17.6 Å². The molecule has 0 aliphatic heterocycles. The molecule has 0 radical (unpaired) electrons. The van der Waals surface area contributed by atoms with E-state index in [4.69, 9.17) is 11.6 Å². The Morgan fingerprint density at radius 2 is 1.60 bits per heavy atom. The van der Waals surface area contributed by atoms with Crippen LogP contribution in [-0.4, -0.2) is 44.2 Å². The monoisotopic (exact) mass is 384 g/mol. The lowest BCUT2D eigenvalue weighted by Crippen LogP contribution is -2.39. The number of halogens is 2. The van der Waals surface area contributed by atoms with Gasteiger partial charge in [0, 0.05) is 25.7 Å². The normalized spacial score (nSPS) is 11.6. The molecule has 1 amide bonds. The highest BCUT2D eigenvalue weighted by atomic mass is 35.5. The topological polar surface area (TPSA) is 57.7 Å². The van der Waals surface area contributed by atoms with Gasteiger partial charge in [0.1, 0.15) is 5.82 Å². The minimum Gasteiger partial charge on any atom is -0.340 e. The van der Waals surface area contributed by atoms with Crippen molar-refractivity contribution in [1.29, 1.82) is 0 Å². The van der Waals surface area contributed by atoms with Crippen molar-refractivity contribution in [2.24, 2.45) is 0 Å². The highest BCUT2D eigenvalue weighted by molar-refractivity contribution is 7.89. The fourth-order valence-corrected chi connectivity index (χ4v) is 3.38. The van der Waals surface area contributed by atoms with E-state index in [2.05, 4.69) is 0 Å². The predicted octanol–water partition coefficient (Wildman–Crippen LogP) is 2.76. The van der Waals surface area contributed by atoms with Crippen molar-refractivity contribution in [2.75, 3.05) is 20.6 Å². The van der Waals surface area contributed by atoms with E-state index in [0.717, 1.165) is 22.0 Å². The molecular weight excluding hydrogens is 367 g/mol. The molecule has 8 heteroatoms. The van der Waals surface area contributed by atoms with Crippen LogP contribution >= 0.6 is 11.6 Å². The van der Waals surface area contributed by atoms with Gasteiger partial charge in [-0.2, -0.15) is 4.31 Å². The van der Waals surface area contributed by atoms with E-state index in [0.29, 0.717) is 11.6 Å². The Balaban J connectivity index is 2.03. The second kappa shape index (κ2) is 7.95. The largest absolute Gasteiger partial charge is 0.340 e. The first-order chi connectivity index (χ1) is 11.7. The van der Waals surface area contributed by atoms with Crippen molar-refractivity contribution in [3.8, 4) is 0 Å². The molecule has 0 spiro atoms. The predicted molar refractivity (Wildman–Crippen MR) is 94.1 cm³/mol. The number of hydrogen-bond donors (Lipinski definition) is 0. The average Bonchev–Trinajstić information content (AvgIpc) is 2.57. The van der Waals surface area contributed by atoms with Crippen molar-refractivity contribution in [3.63, 3.8) is 0 Å². The molecule has 0 atom stereocenters. The molecule has 0 saturated carbocycles. The fraction of sp³-hybridized carbons (Fsp3) is 0.235. The van der Waals surface area contributed by atoms with Crippen molar-refractivity contribution in [3.05, 3.63) is 64.9 Å².